The van der Waals surface area contributed by atoms with Crippen molar-refractivity contribution in [1.82, 2.24) is 4.98 Å². The van der Waals surface area contributed by atoms with Gasteiger partial charge in [-0.3, -0.25) is 4.79 Å². The molecule has 1 saturated heterocycles. The number of hydrogen-bond acceptors (Lipinski definition) is 5. The van der Waals surface area contributed by atoms with Crippen LogP contribution < -0.4 is 11.1 Å². The Balaban J connectivity index is 0.00000176. The normalized spacial score (nSPS) is 20.4. The molecule has 1 aliphatic rings. The summed E-state index contributed by atoms with van der Waals surface area (Å²) in [6, 6.07) is 9.80. The van der Waals surface area contributed by atoms with Gasteiger partial charge in [-0.15, -0.1) is 23.7 Å². The van der Waals surface area contributed by atoms with Crippen LogP contribution >= 0.6 is 23.7 Å². The molecule has 2 aromatic rings. The number of halogens is 1. The SMILES string of the molecule is Cl.NC[C@H]1CC[C@@H](C(=O)Nc2scnc2-c2ccccc2)O1. The van der Waals surface area contributed by atoms with Crippen molar-refractivity contribution in [1.29, 1.82) is 0 Å². The lowest BCUT2D eigenvalue weighted by atomic mass is 10.1. The van der Waals surface area contributed by atoms with E-state index in [9.17, 15) is 4.79 Å². The number of aromatic nitrogens is 1. The van der Waals surface area contributed by atoms with Gasteiger partial charge in [-0.25, -0.2) is 4.98 Å². The molecule has 0 radical (unpaired) electrons. The largest absolute Gasteiger partial charge is 0.364 e. The zero-order valence-electron chi connectivity index (χ0n) is 11.9. The first-order valence-electron chi connectivity index (χ1n) is 6.93. The summed E-state index contributed by atoms with van der Waals surface area (Å²) in [6.45, 7) is 0.458. The number of nitrogens with two attached hydrogens (primary N) is 1. The first-order chi connectivity index (χ1) is 10.3. The van der Waals surface area contributed by atoms with Crippen LogP contribution in [0.2, 0.25) is 0 Å². The Kier molecular flexibility index (Phi) is 5.90. The lowest BCUT2D eigenvalue weighted by Gasteiger charge is -2.12. The van der Waals surface area contributed by atoms with Crippen molar-refractivity contribution in [3.63, 3.8) is 0 Å². The van der Waals surface area contributed by atoms with Crippen molar-refractivity contribution in [2.24, 2.45) is 5.73 Å². The Morgan fingerprint density at radius 3 is 2.82 bits per heavy atom. The second kappa shape index (κ2) is 7.69. The minimum atomic E-state index is -0.413. The van der Waals surface area contributed by atoms with Gasteiger partial charge < -0.3 is 15.8 Å². The van der Waals surface area contributed by atoms with Crippen LogP contribution in [-0.4, -0.2) is 29.6 Å². The Morgan fingerprint density at radius 2 is 2.14 bits per heavy atom. The smallest absolute Gasteiger partial charge is 0.254 e. The summed E-state index contributed by atoms with van der Waals surface area (Å²) in [5.74, 6) is -0.118. The molecule has 0 spiro atoms. The molecule has 1 aromatic carbocycles. The summed E-state index contributed by atoms with van der Waals surface area (Å²) in [7, 11) is 0. The van der Waals surface area contributed by atoms with E-state index in [0.29, 0.717) is 13.0 Å². The minimum absolute atomic E-state index is 0. The Morgan fingerprint density at radius 1 is 1.36 bits per heavy atom. The van der Waals surface area contributed by atoms with Gasteiger partial charge in [-0.2, -0.15) is 0 Å². The molecule has 0 aliphatic carbocycles. The third-order valence-electron chi connectivity index (χ3n) is 3.51. The summed E-state index contributed by atoms with van der Waals surface area (Å²) in [5, 5.41) is 3.68. The first-order valence-corrected chi connectivity index (χ1v) is 7.81. The standard InChI is InChI=1S/C15H17N3O2S.ClH/c16-8-11-6-7-12(20-11)14(19)18-15-13(17-9-21-15)10-4-2-1-3-5-10;/h1-5,9,11-12H,6-8,16H2,(H,18,19);1H/t11-,12+;/m1./s1. The van der Waals surface area contributed by atoms with Gasteiger partial charge in [0.25, 0.3) is 5.91 Å². The molecule has 0 saturated carbocycles. The van der Waals surface area contributed by atoms with Gasteiger partial charge >= 0.3 is 0 Å². The second-order valence-corrected chi connectivity index (χ2v) is 5.80. The van der Waals surface area contributed by atoms with Gasteiger partial charge in [-0.1, -0.05) is 30.3 Å². The van der Waals surface area contributed by atoms with E-state index >= 15 is 0 Å². The van der Waals surface area contributed by atoms with E-state index in [4.69, 9.17) is 10.5 Å². The fraction of sp³-hybridized carbons (Fsp3) is 0.333. The number of rotatable bonds is 4. The molecular formula is C15H18ClN3O2S. The fourth-order valence-corrected chi connectivity index (χ4v) is 3.11. The maximum Gasteiger partial charge on any atom is 0.254 e. The van der Waals surface area contributed by atoms with E-state index < -0.39 is 6.10 Å². The minimum Gasteiger partial charge on any atom is -0.364 e. The van der Waals surface area contributed by atoms with Crippen LogP contribution in [0.5, 0.6) is 0 Å². The van der Waals surface area contributed by atoms with E-state index in [0.717, 1.165) is 22.7 Å². The Bertz CT molecular complexity index is 620. The molecule has 1 aliphatic heterocycles. The van der Waals surface area contributed by atoms with Crippen molar-refractivity contribution < 1.29 is 9.53 Å². The molecule has 1 aromatic heterocycles. The average Bonchev–Trinajstić information content (AvgIpc) is 3.17. The van der Waals surface area contributed by atoms with Gasteiger partial charge in [0.2, 0.25) is 0 Å². The van der Waals surface area contributed by atoms with Crippen LogP contribution in [0.25, 0.3) is 11.3 Å². The summed E-state index contributed by atoms with van der Waals surface area (Å²) < 4.78 is 5.61. The number of nitrogens with zero attached hydrogens (tertiary/aromatic N) is 1. The summed E-state index contributed by atoms with van der Waals surface area (Å²) in [4.78, 5) is 16.6. The predicted octanol–water partition coefficient (Wildman–Crippen LogP) is 2.68. The number of amides is 1. The molecule has 5 nitrogen and oxygen atoms in total. The molecule has 7 heteroatoms. The predicted molar refractivity (Wildman–Crippen MR) is 90.4 cm³/mol. The average molecular weight is 340 g/mol. The fourth-order valence-electron chi connectivity index (χ4n) is 2.40. The summed E-state index contributed by atoms with van der Waals surface area (Å²) >= 11 is 1.41. The van der Waals surface area contributed by atoms with Crippen LogP contribution in [0.1, 0.15) is 12.8 Å². The molecule has 1 amide bonds. The monoisotopic (exact) mass is 339 g/mol. The van der Waals surface area contributed by atoms with Crippen molar-refractivity contribution in [3.8, 4) is 11.3 Å². The highest BCUT2D eigenvalue weighted by molar-refractivity contribution is 7.14. The maximum absolute atomic E-state index is 12.3. The van der Waals surface area contributed by atoms with Crippen molar-refractivity contribution in [2.75, 3.05) is 11.9 Å². The first kappa shape index (κ1) is 16.9. The van der Waals surface area contributed by atoms with E-state index in [-0.39, 0.29) is 24.4 Å². The third kappa shape index (κ3) is 3.64. The van der Waals surface area contributed by atoms with Gasteiger partial charge in [-0.05, 0) is 12.8 Å². The number of benzene rings is 1. The van der Waals surface area contributed by atoms with E-state index in [1.54, 1.807) is 5.51 Å². The molecule has 0 unspecified atom stereocenters. The highest BCUT2D eigenvalue weighted by atomic mass is 35.5. The maximum atomic E-state index is 12.3. The Hall–Kier alpha value is -1.47. The quantitative estimate of drug-likeness (QED) is 0.897. The highest BCUT2D eigenvalue weighted by Gasteiger charge is 2.30. The van der Waals surface area contributed by atoms with Crippen LogP contribution in [0.4, 0.5) is 5.00 Å². The highest BCUT2D eigenvalue weighted by Crippen LogP contribution is 2.31. The third-order valence-corrected chi connectivity index (χ3v) is 4.26. The lowest BCUT2D eigenvalue weighted by molar-refractivity contribution is -0.126. The molecule has 0 bridgehead atoms. The number of carbonyl (C=O) groups is 1. The van der Waals surface area contributed by atoms with Crippen molar-refractivity contribution in [2.45, 2.75) is 25.0 Å². The van der Waals surface area contributed by atoms with E-state index in [1.807, 2.05) is 30.3 Å². The topological polar surface area (TPSA) is 77.2 Å². The second-order valence-electron chi connectivity index (χ2n) is 4.95. The molecule has 1 fully saturated rings. The van der Waals surface area contributed by atoms with Crippen LogP contribution in [0, 0.1) is 0 Å². The van der Waals surface area contributed by atoms with Gasteiger partial charge in [0, 0.05) is 12.1 Å². The molecule has 2 heterocycles. The molecule has 3 N–H and O–H groups in total. The van der Waals surface area contributed by atoms with Crippen LogP contribution in [0.15, 0.2) is 35.8 Å². The number of thiazole rings is 1. The summed E-state index contributed by atoms with van der Waals surface area (Å²) in [6.07, 6.45) is 1.13. The number of nitrogens with one attached hydrogen (secondary N) is 1. The van der Waals surface area contributed by atoms with Crippen LogP contribution in [0.3, 0.4) is 0 Å². The van der Waals surface area contributed by atoms with E-state index in [1.165, 1.54) is 11.3 Å². The molecular weight excluding hydrogens is 322 g/mol. The van der Waals surface area contributed by atoms with Gasteiger partial charge in [0.05, 0.1) is 11.6 Å². The molecule has 22 heavy (non-hydrogen) atoms. The van der Waals surface area contributed by atoms with Crippen molar-refractivity contribution in [3.05, 3.63) is 35.8 Å². The number of hydrogen-bond donors (Lipinski definition) is 2. The lowest BCUT2D eigenvalue weighted by Crippen LogP contribution is -2.29. The molecule has 3 rings (SSSR count). The summed E-state index contributed by atoms with van der Waals surface area (Å²) in [5.41, 5.74) is 9.08. The van der Waals surface area contributed by atoms with Crippen LogP contribution in [-0.2, 0) is 9.53 Å². The zero-order valence-corrected chi connectivity index (χ0v) is 13.5. The van der Waals surface area contributed by atoms with E-state index in [2.05, 4.69) is 10.3 Å². The zero-order chi connectivity index (χ0) is 14.7. The van der Waals surface area contributed by atoms with Gasteiger partial charge in [0.15, 0.2) is 0 Å². The van der Waals surface area contributed by atoms with Gasteiger partial charge in [0.1, 0.15) is 16.8 Å². The Labute approximate surface area is 139 Å². The van der Waals surface area contributed by atoms with Crippen molar-refractivity contribution >= 4 is 34.7 Å². The number of carbonyl (C=O) groups excluding carboxylic acids is 1. The molecule has 2 atom stereocenters. The molecule has 118 valence electrons. The number of anilines is 1. The number of ether oxygens (including phenoxy) is 1.